The molecule has 5 heteroatoms. The Morgan fingerprint density at radius 1 is 0.686 bits per heavy atom. The molecular weight excluding hydrogens is 500 g/mol. The van der Waals surface area contributed by atoms with Crippen LogP contribution in [0.5, 0.6) is 0 Å². The van der Waals surface area contributed by atoms with Crippen molar-refractivity contribution in [2.75, 3.05) is 0 Å². The number of fused-ring (bicyclic) bond motifs is 6. The maximum absolute atomic E-state index is 13.3. The van der Waals surface area contributed by atoms with E-state index < -0.39 is 0 Å². The number of hydrogen-bond acceptors (Lipinski definition) is 3. The molecule has 0 atom stereocenters. The van der Waals surface area contributed by atoms with E-state index in [1.165, 1.54) is 0 Å². The molecule has 0 aliphatic heterocycles. The highest BCUT2D eigenvalue weighted by Crippen LogP contribution is 2.35. The van der Waals surface area contributed by atoms with Gasteiger partial charge in [0.15, 0.2) is 5.78 Å². The number of benzene rings is 4. The lowest BCUT2D eigenvalue weighted by Gasteiger charge is -2.08. The molecule has 0 spiro atoms. The molecule has 0 N–H and O–H groups in total. The Balaban J connectivity index is 1.48. The molecule has 3 aromatic heterocycles. The summed E-state index contributed by atoms with van der Waals surface area (Å²) in [5.74, 6) is 0.723. The van der Waals surface area contributed by atoms with Gasteiger partial charge in [0.1, 0.15) is 17.0 Å². The highest BCUT2D eigenvalue weighted by molar-refractivity contribution is 9.10. The van der Waals surface area contributed by atoms with Gasteiger partial charge in [0, 0.05) is 49.4 Å². The Labute approximate surface area is 208 Å². The number of pyridine rings is 1. The fourth-order valence-corrected chi connectivity index (χ4v) is 5.29. The van der Waals surface area contributed by atoms with Crippen molar-refractivity contribution in [1.29, 1.82) is 0 Å². The van der Waals surface area contributed by atoms with E-state index >= 15 is 0 Å². The lowest BCUT2D eigenvalue weighted by Crippen LogP contribution is -2.02. The average Bonchev–Trinajstić information content (AvgIpc) is 3.43. The molecule has 0 amide bonds. The molecule has 166 valence electrons. The van der Waals surface area contributed by atoms with Gasteiger partial charge in [-0.15, -0.1) is 0 Å². The number of ketones is 1. The van der Waals surface area contributed by atoms with Gasteiger partial charge in [0.05, 0.1) is 11.0 Å². The number of halogens is 1. The van der Waals surface area contributed by atoms with E-state index in [0.29, 0.717) is 11.1 Å². The summed E-state index contributed by atoms with van der Waals surface area (Å²) in [4.78, 5) is 18.1. The van der Waals surface area contributed by atoms with Crippen LogP contribution in [0.4, 0.5) is 0 Å². The summed E-state index contributed by atoms with van der Waals surface area (Å²) in [6.45, 7) is 0. The number of para-hydroxylation sites is 2. The lowest BCUT2D eigenvalue weighted by atomic mass is 10.0. The smallest absolute Gasteiger partial charge is 0.193 e. The molecule has 0 unspecified atom stereocenters. The van der Waals surface area contributed by atoms with Gasteiger partial charge in [-0.25, -0.2) is 4.98 Å². The van der Waals surface area contributed by atoms with Crippen LogP contribution in [-0.2, 0) is 0 Å². The quantitative estimate of drug-likeness (QED) is 0.223. The molecule has 7 aromatic rings. The lowest BCUT2D eigenvalue weighted by molar-refractivity contribution is 0.103. The first-order valence-corrected chi connectivity index (χ1v) is 12.1. The largest absolute Gasteiger partial charge is 0.456 e. The molecule has 0 aliphatic rings. The van der Waals surface area contributed by atoms with E-state index in [2.05, 4.69) is 32.6 Å². The molecular formula is C30H17BrN2O2. The molecule has 4 nitrogen and oxygen atoms in total. The fourth-order valence-electron chi connectivity index (χ4n) is 4.89. The summed E-state index contributed by atoms with van der Waals surface area (Å²) in [5.41, 5.74) is 4.84. The van der Waals surface area contributed by atoms with Gasteiger partial charge in [0.25, 0.3) is 0 Å². The van der Waals surface area contributed by atoms with Crippen molar-refractivity contribution in [1.82, 2.24) is 9.55 Å². The predicted octanol–water partition coefficient (Wildman–Crippen LogP) is 8.07. The monoisotopic (exact) mass is 516 g/mol. The Bertz CT molecular complexity index is 1950. The summed E-state index contributed by atoms with van der Waals surface area (Å²) in [6.07, 6.45) is 1.87. The van der Waals surface area contributed by atoms with Crippen molar-refractivity contribution in [2.45, 2.75) is 0 Å². The van der Waals surface area contributed by atoms with E-state index in [0.717, 1.165) is 54.0 Å². The van der Waals surface area contributed by atoms with Gasteiger partial charge in [-0.3, -0.25) is 9.36 Å². The number of nitrogens with zero attached hydrogens (tertiary/aromatic N) is 2. The van der Waals surface area contributed by atoms with Gasteiger partial charge in [-0.05, 0) is 30.3 Å². The number of rotatable bonds is 3. The van der Waals surface area contributed by atoms with Crippen LogP contribution in [-0.4, -0.2) is 15.3 Å². The molecule has 0 saturated heterocycles. The van der Waals surface area contributed by atoms with Crippen LogP contribution >= 0.6 is 15.9 Å². The maximum Gasteiger partial charge on any atom is 0.193 e. The van der Waals surface area contributed by atoms with Gasteiger partial charge in [-0.2, -0.15) is 0 Å². The zero-order valence-corrected chi connectivity index (χ0v) is 20.0. The van der Waals surface area contributed by atoms with E-state index in [-0.39, 0.29) is 5.78 Å². The Morgan fingerprint density at radius 2 is 1.46 bits per heavy atom. The molecule has 0 fully saturated rings. The molecule has 0 saturated carbocycles. The summed E-state index contributed by atoms with van der Waals surface area (Å²) in [7, 11) is 0. The van der Waals surface area contributed by atoms with Crippen LogP contribution in [0.3, 0.4) is 0 Å². The van der Waals surface area contributed by atoms with Crippen LogP contribution in [0, 0.1) is 0 Å². The Morgan fingerprint density at radius 3 is 2.34 bits per heavy atom. The topological polar surface area (TPSA) is 48.0 Å². The van der Waals surface area contributed by atoms with Crippen molar-refractivity contribution < 1.29 is 9.21 Å². The first kappa shape index (κ1) is 20.2. The summed E-state index contributed by atoms with van der Waals surface area (Å²) in [5, 5.41) is 4.20. The number of hydrogen-bond donors (Lipinski definition) is 0. The van der Waals surface area contributed by atoms with Crippen LogP contribution in [0.25, 0.3) is 49.6 Å². The van der Waals surface area contributed by atoms with Gasteiger partial charge < -0.3 is 4.42 Å². The second kappa shape index (κ2) is 7.65. The molecule has 0 bridgehead atoms. The number of aromatic nitrogens is 2. The standard InChI is InChI=1S/C30H17BrN2O2/c31-20-7-5-6-18(14-20)30(34)19-12-13-22-21-8-1-3-10-25(21)33(26(22)15-19)29-16-28-24(17-32-29)23-9-2-4-11-27(23)35-28/h1-17H. The van der Waals surface area contributed by atoms with Gasteiger partial charge in [0.2, 0.25) is 0 Å². The molecule has 7 rings (SSSR count). The second-order valence-electron chi connectivity index (χ2n) is 8.56. The SMILES string of the molecule is O=C(c1cccc(Br)c1)c1ccc2c3ccccc3n(-c3cc4oc5ccccc5c4cn3)c2c1. The molecule has 35 heavy (non-hydrogen) atoms. The fraction of sp³-hybridized carbons (Fsp3) is 0. The van der Waals surface area contributed by atoms with E-state index in [1.807, 2.05) is 91.1 Å². The average molecular weight is 517 g/mol. The van der Waals surface area contributed by atoms with Crippen LogP contribution in [0.15, 0.2) is 112 Å². The van der Waals surface area contributed by atoms with Crippen molar-refractivity contribution >= 4 is 65.5 Å². The third-order valence-corrected chi connectivity index (χ3v) is 6.99. The zero-order valence-electron chi connectivity index (χ0n) is 18.4. The van der Waals surface area contributed by atoms with Gasteiger partial charge >= 0.3 is 0 Å². The highest BCUT2D eigenvalue weighted by atomic mass is 79.9. The normalized spacial score (nSPS) is 11.7. The molecule has 0 radical (unpaired) electrons. The molecule has 4 aromatic carbocycles. The first-order valence-electron chi connectivity index (χ1n) is 11.3. The Hall–Kier alpha value is -4.22. The van der Waals surface area contributed by atoms with Crippen molar-refractivity contribution in [2.24, 2.45) is 0 Å². The van der Waals surface area contributed by atoms with Gasteiger partial charge in [-0.1, -0.05) is 76.6 Å². The third kappa shape index (κ3) is 3.12. The van der Waals surface area contributed by atoms with Crippen LogP contribution in [0.1, 0.15) is 15.9 Å². The second-order valence-corrected chi connectivity index (χ2v) is 9.48. The van der Waals surface area contributed by atoms with E-state index in [4.69, 9.17) is 9.40 Å². The Kier molecular flexibility index (Phi) is 4.41. The van der Waals surface area contributed by atoms with Crippen LogP contribution in [0.2, 0.25) is 0 Å². The maximum atomic E-state index is 13.3. The number of furan rings is 1. The number of carbonyl (C=O) groups excluding carboxylic acids is 1. The highest BCUT2D eigenvalue weighted by Gasteiger charge is 2.17. The molecule has 0 aliphatic carbocycles. The summed E-state index contributed by atoms with van der Waals surface area (Å²) in [6, 6.07) is 31.5. The first-order chi connectivity index (χ1) is 17.2. The third-order valence-electron chi connectivity index (χ3n) is 6.50. The van der Waals surface area contributed by atoms with Crippen LogP contribution < -0.4 is 0 Å². The van der Waals surface area contributed by atoms with E-state index in [9.17, 15) is 4.79 Å². The predicted molar refractivity (Wildman–Crippen MR) is 143 cm³/mol. The molecule has 3 heterocycles. The summed E-state index contributed by atoms with van der Waals surface area (Å²) < 4.78 is 9.12. The number of carbonyl (C=O) groups is 1. The van der Waals surface area contributed by atoms with E-state index in [1.54, 1.807) is 0 Å². The van der Waals surface area contributed by atoms with Crippen molar-refractivity contribution in [3.8, 4) is 5.82 Å². The van der Waals surface area contributed by atoms with Crippen molar-refractivity contribution in [3.63, 3.8) is 0 Å². The minimum absolute atomic E-state index is 0.0225. The minimum Gasteiger partial charge on any atom is -0.456 e. The minimum atomic E-state index is -0.0225. The zero-order chi connectivity index (χ0) is 23.5. The summed E-state index contributed by atoms with van der Waals surface area (Å²) >= 11 is 3.47. The van der Waals surface area contributed by atoms with Crippen molar-refractivity contribution in [3.05, 3.63) is 119 Å².